The molecule has 0 spiro atoms. The van der Waals surface area contributed by atoms with E-state index < -0.39 is 29.2 Å². The zero-order valence-corrected chi connectivity index (χ0v) is 78.0. The molecule has 3 amide bonds. The SMILES string of the molecule is CCCCCCCCCCCC(CCCCCCCCCCC(=O)OCc1ccccc1)(C(=O)NCCOCCOCCOCCOCCOCCOCCOCCOCCOCCOCCOCCOCCOCCOCCOCCOCCOCCOCCOCCOCCOCCOCCOCCOCCC(=O)ON1C(=O)CCC1=O)C(=O)OCc1ccccc1. The smallest absolute Gasteiger partial charge is 0.335 e. The van der Waals surface area contributed by atoms with Gasteiger partial charge in [0, 0.05) is 25.8 Å². The summed E-state index contributed by atoms with van der Waals surface area (Å²) in [7, 11) is 0. The molecule has 35 nitrogen and oxygen atoms in total. The molecule has 1 unspecified atom stereocenters. The number of imide groups is 1. The van der Waals surface area contributed by atoms with Crippen molar-refractivity contribution < 1.29 is 157 Å². The first-order valence-corrected chi connectivity index (χ1v) is 47.4. The van der Waals surface area contributed by atoms with Gasteiger partial charge in [0.05, 0.1) is 324 Å². The van der Waals surface area contributed by atoms with Crippen LogP contribution >= 0.6 is 0 Å². The van der Waals surface area contributed by atoms with Gasteiger partial charge in [-0.25, -0.2) is 4.79 Å². The number of carbonyl (C=O) groups is 6. The van der Waals surface area contributed by atoms with Gasteiger partial charge in [-0.1, -0.05) is 170 Å². The fourth-order valence-electron chi connectivity index (χ4n) is 12.3. The Kier molecular flexibility index (Phi) is 84.8. The van der Waals surface area contributed by atoms with Crippen LogP contribution in [0.3, 0.4) is 0 Å². The highest BCUT2D eigenvalue weighted by Gasteiger charge is 2.46. The molecule has 1 aliphatic heterocycles. The number of unbranched alkanes of at least 4 members (excludes halogenated alkanes) is 15. The second kappa shape index (κ2) is 92.9. The van der Waals surface area contributed by atoms with Gasteiger partial charge < -0.3 is 133 Å². The van der Waals surface area contributed by atoms with E-state index in [-0.39, 0.29) is 64.1 Å². The topological polar surface area (TPSA) is 367 Å². The summed E-state index contributed by atoms with van der Waals surface area (Å²) in [6.45, 7) is 23.5. The van der Waals surface area contributed by atoms with Crippen molar-refractivity contribution in [2.75, 3.05) is 324 Å². The Bertz CT molecular complexity index is 2800. The van der Waals surface area contributed by atoms with Crippen LogP contribution in [0.15, 0.2) is 60.7 Å². The molecule has 0 radical (unpaired) electrons. The number of rotatable bonds is 103. The van der Waals surface area contributed by atoms with Gasteiger partial charge in [-0.3, -0.25) is 24.0 Å². The largest absolute Gasteiger partial charge is 0.461 e. The van der Waals surface area contributed by atoms with Gasteiger partial charge in [0.1, 0.15) is 18.6 Å². The second-order valence-electron chi connectivity index (χ2n) is 29.9. The number of carbonyl (C=O) groups excluding carboxylic acids is 6. The van der Waals surface area contributed by atoms with E-state index in [0.29, 0.717) is 328 Å². The predicted molar refractivity (Wildman–Crippen MR) is 477 cm³/mol. The standard InChI is InChI=1S/C94H162N2O33/c1-2-3-4-5-6-8-11-14-23-33-94(93(102)128-85-87-27-20-17-21-28-87,34-24-15-12-9-7-10-13-22-29-90(99)127-84-86-25-18-16-19-26-86)92(101)95-35-37-104-39-41-106-43-45-108-47-49-110-51-53-112-55-57-114-59-61-116-63-65-118-67-69-120-71-73-122-75-77-124-79-81-126-83-82-125-80-78-123-76-74-121-72-70-119-68-66-117-64-62-115-60-58-113-56-54-111-52-50-109-48-46-107-44-42-105-40-38-103-36-32-91(100)129-96-88(97)30-31-89(96)98/h16-21,25-28H,2-15,22-24,29-85H2,1H3,(H,95,101). The molecule has 1 heterocycles. The maximum absolute atomic E-state index is 14.4. The lowest BCUT2D eigenvalue weighted by molar-refractivity contribution is -0.198. The van der Waals surface area contributed by atoms with Crippen LogP contribution in [0.1, 0.15) is 166 Å². The number of benzene rings is 2. The van der Waals surface area contributed by atoms with Gasteiger partial charge in [0.15, 0.2) is 0 Å². The molecular formula is C94H162N2O33. The van der Waals surface area contributed by atoms with Gasteiger partial charge in [-0.05, 0) is 30.4 Å². The lowest BCUT2D eigenvalue weighted by Crippen LogP contribution is -2.48. The summed E-state index contributed by atoms with van der Waals surface area (Å²) < 4.78 is 145. The molecule has 0 aromatic heterocycles. The summed E-state index contributed by atoms with van der Waals surface area (Å²) in [6, 6.07) is 19.3. The second-order valence-corrected chi connectivity index (χ2v) is 29.9. The average molecular weight is 1850 g/mol. The zero-order chi connectivity index (χ0) is 91.9. The van der Waals surface area contributed by atoms with Crippen LogP contribution < -0.4 is 5.32 Å². The fourth-order valence-corrected chi connectivity index (χ4v) is 12.3. The van der Waals surface area contributed by atoms with Gasteiger partial charge in [-0.2, -0.15) is 0 Å². The van der Waals surface area contributed by atoms with Gasteiger partial charge >= 0.3 is 17.9 Å². The number of ether oxygens (including phenoxy) is 26. The van der Waals surface area contributed by atoms with Gasteiger partial charge in [0.2, 0.25) is 5.91 Å². The molecule has 1 saturated heterocycles. The molecule has 1 aliphatic rings. The quantitative estimate of drug-likeness (QED) is 0.0278. The van der Waals surface area contributed by atoms with Crippen molar-refractivity contribution in [3.05, 3.63) is 71.8 Å². The van der Waals surface area contributed by atoms with E-state index in [1.807, 2.05) is 60.7 Å². The highest BCUT2D eigenvalue weighted by Crippen LogP contribution is 2.35. The Morgan fingerprint density at radius 2 is 0.504 bits per heavy atom. The number of hydrogen-bond donors (Lipinski definition) is 1. The lowest BCUT2D eigenvalue weighted by Gasteiger charge is -2.31. The predicted octanol–water partition coefficient (Wildman–Crippen LogP) is 9.79. The molecule has 2 aromatic rings. The molecule has 746 valence electrons. The maximum atomic E-state index is 14.4. The van der Waals surface area contributed by atoms with Crippen molar-refractivity contribution >= 4 is 35.6 Å². The summed E-state index contributed by atoms with van der Waals surface area (Å²) in [6.07, 6.45) is 19.1. The molecule has 1 fully saturated rings. The molecule has 129 heavy (non-hydrogen) atoms. The number of nitrogens with one attached hydrogen (secondary N) is 1. The first kappa shape index (κ1) is 118. The van der Waals surface area contributed by atoms with E-state index in [9.17, 15) is 28.8 Å². The summed E-state index contributed by atoms with van der Waals surface area (Å²) in [4.78, 5) is 80.4. The van der Waals surface area contributed by atoms with Crippen molar-refractivity contribution in [3.8, 4) is 0 Å². The van der Waals surface area contributed by atoms with Crippen molar-refractivity contribution in [1.82, 2.24) is 10.4 Å². The van der Waals surface area contributed by atoms with Crippen molar-refractivity contribution in [2.24, 2.45) is 5.41 Å². The van der Waals surface area contributed by atoms with Crippen LogP contribution in [-0.2, 0) is 170 Å². The number of nitrogens with zero attached hydrogens (tertiary/aromatic N) is 1. The molecule has 0 aliphatic carbocycles. The number of amides is 3. The van der Waals surface area contributed by atoms with Crippen LogP contribution in [0.4, 0.5) is 0 Å². The van der Waals surface area contributed by atoms with Crippen molar-refractivity contribution in [1.29, 1.82) is 0 Å². The Morgan fingerprint density at radius 1 is 0.271 bits per heavy atom. The molecule has 35 heteroatoms. The summed E-state index contributed by atoms with van der Waals surface area (Å²) in [5.41, 5.74) is 0.569. The summed E-state index contributed by atoms with van der Waals surface area (Å²) in [5, 5.41) is 3.58. The third kappa shape index (κ3) is 75.5. The Balaban J connectivity index is 0.962. The van der Waals surface area contributed by atoms with Crippen molar-refractivity contribution in [2.45, 2.75) is 168 Å². The Labute approximate surface area is 768 Å². The van der Waals surface area contributed by atoms with Crippen LogP contribution in [0, 0.1) is 5.41 Å². The zero-order valence-electron chi connectivity index (χ0n) is 78.0. The monoisotopic (exact) mass is 1850 g/mol. The van der Waals surface area contributed by atoms with E-state index in [1.165, 1.54) is 32.1 Å². The number of hydrogen-bond acceptors (Lipinski definition) is 33. The molecule has 2 aromatic carbocycles. The average Bonchev–Trinajstić information content (AvgIpc) is 1.37. The van der Waals surface area contributed by atoms with Crippen LogP contribution in [0.25, 0.3) is 0 Å². The molecule has 0 saturated carbocycles. The minimum absolute atomic E-state index is 0.0490. The van der Waals surface area contributed by atoms with E-state index in [4.69, 9.17) is 128 Å². The maximum Gasteiger partial charge on any atom is 0.335 e. The molecule has 0 bridgehead atoms. The fraction of sp³-hybridized carbons (Fsp3) is 0.809. The lowest BCUT2D eigenvalue weighted by atomic mass is 9.76. The van der Waals surface area contributed by atoms with Crippen LogP contribution in [0.2, 0.25) is 0 Å². The summed E-state index contributed by atoms with van der Waals surface area (Å²) >= 11 is 0. The minimum atomic E-state index is -1.30. The normalized spacial score (nSPS) is 12.7. The summed E-state index contributed by atoms with van der Waals surface area (Å²) in [5.74, 6) is -2.65. The van der Waals surface area contributed by atoms with E-state index in [1.54, 1.807) is 0 Å². The van der Waals surface area contributed by atoms with Gasteiger partial charge in [0.25, 0.3) is 11.8 Å². The molecule has 1 atom stereocenters. The number of hydroxylamine groups is 2. The van der Waals surface area contributed by atoms with Gasteiger partial charge in [-0.15, -0.1) is 5.06 Å². The first-order valence-electron chi connectivity index (χ1n) is 47.4. The third-order valence-electron chi connectivity index (χ3n) is 19.5. The first-order chi connectivity index (χ1) is 63.7. The molecule has 3 rings (SSSR count). The highest BCUT2D eigenvalue weighted by molar-refractivity contribution is 6.03. The van der Waals surface area contributed by atoms with Crippen molar-refractivity contribution in [3.63, 3.8) is 0 Å². The van der Waals surface area contributed by atoms with Crippen LogP contribution in [0.5, 0.6) is 0 Å². The van der Waals surface area contributed by atoms with E-state index >= 15 is 0 Å². The number of esters is 2. The Hall–Kier alpha value is -5.50. The molecule has 1 N–H and O–H groups in total. The molecular weight excluding hydrogens is 1690 g/mol. The highest BCUT2D eigenvalue weighted by atomic mass is 16.7. The Morgan fingerprint density at radius 3 is 0.775 bits per heavy atom. The van der Waals surface area contributed by atoms with E-state index in [2.05, 4.69) is 12.2 Å². The third-order valence-corrected chi connectivity index (χ3v) is 19.5. The van der Waals surface area contributed by atoms with E-state index in [0.717, 1.165) is 88.2 Å². The van der Waals surface area contributed by atoms with Crippen LogP contribution in [-0.4, -0.2) is 364 Å². The minimum Gasteiger partial charge on any atom is -0.461 e.